The Kier molecular flexibility index (Phi) is 8.00. The van der Waals surface area contributed by atoms with Gasteiger partial charge in [-0.25, -0.2) is 9.97 Å². The summed E-state index contributed by atoms with van der Waals surface area (Å²) < 4.78 is 5.93. The maximum absolute atomic E-state index is 5.93. The molecule has 4 heteroatoms. The van der Waals surface area contributed by atoms with Crippen LogP contribution >= 0.6 is 0 Å². The van der Waals surface area contributed by atoms with Gasteiger partial charge in [-0.05, 0) is 25.2 Å². The molecular formula is C16H29N3O. The quantitative estimate of drug-likeness (QED) is 0.701. The van der Waals surface area contributed by atoms with Gasteiger partial charge in [-0.15, -0.1) is 0 Å². The number of anilines is 1. The van der Waals surface area contributed by atoms with Gasteiger partial charge in [-0.3, -0.25) is 0 Å². The summed E-state index contributed by atoms with van der Waals surface area (Å²) in [6, 6.07) is 0. The molecule has 0 fully saturated rings. The van der Waals surface area contributed by atoms with E-state index in [2.05, 4.69) is 43.0 Å². The summed E-state index contributed by atoms with van der Waals surface area (Å²) in [4.78, 5) is 8.68. The van der Waals surface area contributed by atoms with Crippen molar-refractivity contribution in [3.8, 4) is 5.88 Å². The van der Waals surface area contributed by atoms with Crippen LogP contribution < -0.4 is 10.1 Å². The molecule has 0 radical (unpaired) electrons. The van der Waals surface area contributed by atoms with E-state index in [-0.39, 0.29) is 0 Å². The third-order valence-electron chi connectivity index (χ3n) is 3.23. The fraction of sp³-hybridized carbons (Fsp3) is 0.750. The molecule has 114 valence electrons. The number of nitrogens with one attached hydrogen (secondary N) is 1. The average Bonchev–Trinajstić information content (AvgIpc) is 2.45. The summed E-state index contributed by atoms with van der Waals surface area (Å²) in [7, 11) is 0. The van der Waals surface area contributed by atoms with Crippen molar-refractivity contribution in [2.45, 2.75) is 59.8 Å². The van der Waals surface area contributed by atoms with E-state index in [1.807, 2.05) is 0 Å². The smallest absolute Gasteiger partial charge is 0.221 e. The average molecular weight is 279 g/mol. The Morgan fingerprint density at radius 2 is 1.95 bits per heavy atom. The molecular weight excluding hydrogens is 250 g/mol. The van der Waals surface area contributed by atoms with E-state index in [9.17, 15) is 0 Å². The second-order valence-electron chi connectivity index (χ2n) is 5.39. The van der Waals surface area contributed by atoms with Crippen LogP contribution in [-0.4, -0.2) is 23.1 Å². The molecule has 1 heterocycles. The first-order valence-electron chi connectivity index (χ1n) is 7.93. The topological polar surface area (TPSA) is 47.0 Å². The molecule has 1 N–H and O–H groups in total. The van der Waals surface area contributed by atoms with Gasteiger partial charge in [-0.1, -0.05) is 40.5 Å². The maximum atomic E-state index is 5.93. The minimum absolute atomic E-state index is 0.566. The molecule has 1 atom stereocenters. The molecule has 0 aliphatic carbocycles. The van der Waals surface area contributed by atoms with E-state index >= 15 is 0 Å². The second-order valence-corrected chi connectivity index (χ2v) is 5.39. The van der Waals surface area contributed by atoms with Gasteiger partial charge in [0.2, 0.25) is 5.88 Å². The molecule has 1 aromatic rings. The molecule has 0 saturated heterocycles. The number of aromatic nitrogens is 2. The first-order valence-corrected chi connectivity index (χ1v) is 7.93. The maximum Gasteiger partial charge on any atom is 0.221 e. The molecule has 4 nitrogen and oxygen atoms in total. The standard InChI is InChI=1S/C16H29N3O/c1-5-8-13(4)11-20-16-14(9-6-2)15(17-10-7-3)18-12-19-16/h12-13H,5-11H2,1-4H3,(H,17,18,19). The van der Waals surface area contributed by atoms with Crippen molar-refractivity contribution in [1.82, 2.24) is 9.97 Å². The summed E-state index contributed by atoms with van der Waals surface area (Å²) in [6.07, 6.45) is 7.07. The minimum atomic E-state index is 0.566. The lowest BCUT2D eigenvalue weighted by atomic mass is 10.1. The third-order valence-corrected chi connectivity index (χ3v) is 3.23. The van der Waals surface area contributed by atoms with Crippen LogP contribution in [0.4, 0.5) is 5.82 Å². The molecule has 0 spiro atoms. The Labute approximate surface area is 123 Å². The summed E-state index contributed by atoms with van der Waals surface area (Å²) in [6.45, 7) is 10.4. The number of hydrogen-bond acceptors (Lipinski definition) is 4. The lowest BCUT2D eigenvalue weighted by Crippen LogP contribution is -2.13. The predicted molar refractivity (Wildman–Crippen MR) is 84.4 cm³/mol. The fourth-order valence-electron chi connectivity index (χ4n) is 2.19. The fourth-order valence-corrected chi connectivity index (χ4v) is 2.19. The van der Waals surface area contributed by atoms with E-state index < -0.39 is 0 Å². The zero-order valence-corrected chi connectivity index (χ0v) is 13.4. The van der Waals surface area contributed by atoms with Gasteiger partial charge in [-0.2, -0.15) is 0 Å². The highest BCUT2D eigenvalue weighted by Gasteiger charge is 2.12. The molecule has 1 unspecified atom stereocenters. The van der Waals surface area contributed by atoms with Crippen molar-refractivity contribution in [2.75, 3.05) is 18.5 Å². The summed E-state index contributed by atoms with van der Waals surface area (Å²) in [5, 5.41) is 3.37. The van der Waals surface area contributed by atoms with E-state index in [0.717, 1.165) is 49.7 Å². The summed E-state index contributed by atoms with van der Waals surface area (Å²) >= 11 is 0. The number of nitrogens with zero attached hydrogens (tertiary/aromatic N) is 2. The zero-order chi connectivity index (χ0) is 14.8. The zero-order valence-electron chi connectivity index (χ0n) is 13.4. The van der Waals surface area contributed by atoms with Crippen molar-refractivity contribution in [3.05, 3.63) is 11.9 Å². The Hall–Kier alpha value is -1.32. The Morgan fingerprint density at radius 1 is 1.15 bits per heavy atom. The lowest BCUT2D eigenvalue weighted by molar-refractivity contribution is 0.240. The van der Waals surface area contributed by atoms with E-state index in [4.69, 9.17) is 4.74 Å². The first kappa shape index (κ1) is 16.7. The first-order chi connectivity index (χ1) is 9.72. The van der Waals surface area contributed by atoms with Crippen molar-refractivity contribution in [3.63, 3.8) is 0 Å². The highest BCUT2D eigenvalue weighted by Crippen LogP contribution is 2.24. The Morgan fingerprint density at radius 3 is 2.60 bits per heavy atom. The van der Waals surface area contributed by atoms with Crippen LogP contribution in [-0.2, 0) is 6.42 Å². The lowest BCUT2D eigenvalue weighted by Gasteiger charge is -2.16. The summed E-state index contributed by atoms with van der Waals surface area (Å²) in [5.41, 5.74) is 1.12. The van der Waals surface area contributed by atoms with Gasteiger partial charge in [0.05, 0.1) is 12.2 Å². The van der Waals surface area contributed by atoms with E-state index in [1.165, 1.54) is 12.8 Å². The van der Waals surface area contributed by atoms with Gasteiger partial charge in [0, 0.05) is 6.54 Å². The van der Waals surface area contributed by atoms with Crippen LogP contribution in [0.3, 0.4) is 0 Å². The van der Waals surface area contributed by atoms with Crippen molar-refractivity contribution < 1.29 is 4.74 Å². The molecule has 0 bridgehead atoms. The van der Waals surface area contributed by atoms with Crippen LogP contribution in [0.5, 0.6) is 5.88 Å². The van der Waals surface area contributed by atoms with Crippen LogP contribution in [0.15, 0.2) is 6.33 Å². The normalized spacial score (nSPS) is 12.2. The van der Waals surface area contributed by atoms with Crippen LogP contribution in [0.1, 0.15) is 58.9 Å². The number of rotatable bonds is 10. The monoisotopic (exact) mass is 279 g/mol. The summed E-state index contributed by atoms with van der Waals surface area (Å²) in [5.74, 6) is 2.25. The predicted octanol–water partition coefficient (Wildman–Crippen LogP) is 4.07. The molecule has 20 heavy (non-hydrogen) atoms. The van der Waals surface area contributed by atoms with Crippen LogP contribution in [0, 0.1) is 5.92 Å². The Bertz CT molecular complexity index is 382. The van der Waals surface area contributed by atoms with Gasteiger partial charge in [0.1, 0.15) is 12.1 Å². The molecule has 0 aromatic carbocycles. The number of ether oxygens (including phenoxy) is 1. The number of hydrogen-bond donors (Lipinski definition) is 1. The highest BCUT2D eigenvalue weighted by atomic mass is 16.5. The minimum Gasteiger partial charge on any atom is -0.477 e. The van der Waals surface area contributed by atoms with Crippen LogP contribution in [0.2, 0.25) is 0 Å². The Balaban J connectivity index is 2.77. The van der Waals surface area contributed by atoms with Crippen LogP contribution in [0.25, 0.3) is 0 Å². The highest BCUT2D eigenvalue weighted by molar-refractivity contribution is 5.48. The van der Waals surface area contributed by atoms with Crippen molar-refractivity contribution >= 4 is 5.82 Å². The molecule has 1 aromatic heterocycles. The van der Waals surface area contributed by atoms with Gasteiger partial charge < -0.3 is 10.1 Å². The molecule has 0 aliphatic heterocycles. The molecule has 0 aliphatic rings. The third kappa shape index (κ3) is 5.35. The second kappa shape index (κ2) is 9.56. The van der Waals surface area contributed by atoms with Gasteiger partial charge in [0.25, 0.3) is 0 Å². The SMILES string of the molecule is CCCNc1ncnc(OCC(C)CCC)c1CCC. The largest absolute Gasteiger partial charge is 0.477 e. The van der Waals surface area contributed by atoms with E-state index in [1.54, 1.807) is 6.33 Å². The van der Waals surface area contributed by atoms with Gasteiger partial charge in [0.15, 0.2) is 0 Å². The van der Waals surface area contributed by atoms with E-state index in [0.29, 0.717) is 5.92 Å². The molecule has 0 saturated carbocycles. The molecule has 1 rings (SSSR count). The molecule has 0 amide bonds. The van der Waals surface area contributed by atoms with Crippen molar-refractivity contribution in [1.29, 1.82) is 0 Å². The van der Waals surface area contributed by atoms with Gasteiger partial charge >= 0.3 is 0 Å². The van der Waals surface area contributed by atoms with Crippen molar-refractivity contribution in [2.24, 2.45) is 5.92 Å².